The molecule has 8 nitrogen and oxygen atoms in total. The number of carboxylic acids is 1. The molecule has 1 saturated carbocycles. The van der Waals surface area contributed by atoms with E-state index in [1.165, 1.54) is 6.07 Å². The number of carboxylic acid groups (broad SMARTS) is 1. The van der Waals surface area contributed by atoms with Crippen molar-refractivity contribution in [1.82, 2.24) is 10.0 Å². The predicted molar refractivity (Wildman–Crippen MR) is 140 cm³/mol. The van der Waals surface area contributed by atoms with Crippen LogP contribution in [0.15, 0.2) is 70.9 Å². The first kappa shape index (κ1) is 25.9. The Morgan fingerprint density at radius 2 is 1.81 bits per heavy atom. The molecule has 0 bridgehead atoms. The van der Waals surface area contributed by atoms with E-state index < -0.39 is 33.1 Å². The second kappa shape index (κ2) is 9.85. The largest absolute Gasteiger partial charge is 0.480 e. The molecule has 11 heteroatoms. The van der Waals surface area contributed by atoms with Gasteiger partial charge in [-0.1, -0.05) is 54.1 Å². The molecule has 0 spiro atoms. The van der Waals surface area contributed by atoms with Gasteiger partial charge in [0.05, 0.1) is 0 Å². The number of hydrogen-bond acceptors (Lipinski definition) is 6. The Morgan fingerprint density at radius 1 is 1.08 bits per heavy atom. The van der Waals surface area contributed by atoms with Gasteiger partial charge in [-0.15, -0.1) is 11.3 Å². The van der Waals surface area contributed by atoms with Crippen LogP contribution in [0.25, 0.3) is 10.4 Å². The lowest BCUT2D eigenvalue weighted by molar-refractivity contribution is -0.141. The van der Waals surface area contributed by atoms with E-state index in [0.717, 1.165) is 23.3 Å². The van der Waals surface area contributed by atoms with Crippen molar-refractivity contribution in [2.45, 2.75) is 40.5 Å². The highest BCUT2D eigenvalue weighted by atomic mass is 35.5. The summed E-state index contributed by atoms with van der Waals surface area (Å²) in [6.07, 6.45) is 0.772. The monoisotopic (exact) mass is 560 g/mol. The number of halogens is 1. The van der Waals surface area contributed by atoms with E-state index in [9.17, 15) is 23.1 Å². The van der Waals surface area contributed by atoms with Gasteiger partial charge in [-0.2, -0.15) is 4.72 Å². The Hall–Kier alpha value is -2.76. The highest BCUT2D eigenvalue weighted by Crippen LogP contribution is 2.58. The minimum Gasteiger partial charge on any atom is -0.480 e. The molecule has 1 aromatic heterocycles. The van der Waals surface area contributed by atoms with Crippen LogP contribution in [-0.2, 0) is 29.8 Å². The Morgan fingerprint density at radius 3 is 2.46 bits per heavy atom. The molecule has 194 valence electrons. The van der Waals surface area contributed by atoms with Crippen molar-refractivity contribution in [3.63, 3.8) is 0 Å². The van der Waals surface area contributed by atoms with E-state index in [2.05, 4.69) is 10.0 Å². The van der Waals surface area contributed by atoms with Crippen molar-refractivity contribution in [3.8, 4) is 10.4 Å². The standard InChI is InChI=1S/C26H25ClN2O6S2/c27-19-10-8-17(9-11-19)21-12-13-22(36-21)37(33,34)29-26(24(31)32)15-25(26,18-5-2-1-3-6-18)16-28-23(30)20-7-4-14-35-20/h1-3,5-6,8-13,20,29H,4,7,14-16H2,(H,28,30)(H,31,32)/t20?,25-,26?/m1/s1. The molecule has 0 radical (unpaired) electrons. The molecule has 1 aliphatic heterocycles. The lowest BCUT2D eigenvalue weighted by atomic mass is 9.90. The van der Waals surface area contributed by atoms with Crippen molar-refractivity contribution in [3.05, 3.63) is 77.3 Å². The molecule has 1 saturated heterocycles. The molecule has 3 N–H and O–H groups in total. The molecular weight excluding hydrogens is 536 g/mol. The molecule has 5 rings (SSSR count). The zero-order valence-corrected chi connectivity index (χ0v) is 22.0. The molecular formula is C26H25ClN2O6S2. The number of carbonyl (C=O) groups is 2. The Labute approximate surface area is 223 Å². The Bertz CT molecular complexity index is 1420. The average Bonchev–Trinajstić information content (AvgIpc) is 3.29. The number of aliphatic carboxylic acids is 1. The zero-order chi connectivity index (χ0) is 26.3. The second-order valence-electron chi connectivity index (χ2n) is 9.29. The quantitative estimate of drug-likeness (QED) is 0.366. The van der Waals surface area contributed by atoms with Crippen molar-refractivity contribution >= 4 is 44.8 Å². The van der Waals surface area contributed by atoms with Crippen molar-refractivity contribution < 1.29 is 27.9 Å². The van der Waals surface area contributed by atoms with Gasteiger partial charge in [0.25, 0.3) is 10.0 Å². The summed E-state index contributed by atoms with van der Waals surface area (Å²) < 4.78 is 34.9. The fraction of sp³-hybridized carbons (Fsp3) is 0.308. The fourth-order valence-electron chi connectivity index (χ4n) is 4.94. The summed E-state index contributed by atoms with van der Waals surface area (Å²) in [5.74, 6) is -1.63. The summed E-state index contributed by atoms with van der Waals surface area (Å²) in [6.45, 7) is 0.449. The van der Waals surface area contributed by atoms with Gasteiger partial charge < -0.3 is 15.2 Å². The summed E-state index contributed by atoms with van der Waals surface area (Å²) in [4.78, 5) is 26.0. The summed E-state index contributed by atoms with van der Waals surface area (Å²) in [5, 5.41) is 13.7. The van der Waals surface area contributed by atoms with Crippen molar-refractivity contribution in [1.29, 1.82) is 0 Å². The highest BCUT2D eigenvalue weighted by molar-refractivity contribution is 7.91. The number of rotatable bonds is 9. The van der Waals surface area contributed by atoms with Gasteiger partial charge in [-0.05, 0) is 54.7 Å². The highest BCUT2D eigenvalue weighted by Gasteiger charge is 2.75. The number of thiophene rings is 1. The van der Waals surface area contributed by atoms with E-state index in [0.29, 0.717) is 28.5 Å². The second-order valence-corrected chi connectivity index (χ2v) is 12.7. The molecule has 2 aliphatic rings. The zero-order valence-electron chi connectivity index (χ0n) is 19.6. The van der Waals surface area contributed by atoms with Gasteiger partial charge in [0.1, 0.15) is 15.9 Å². The van der Waals surface area contributed by atoms with Gasteiger partial charge in [0.15, 0.2) is 0 Å². The molecule has 2 aromatic carbocycles. The molecule has 2 fully saturated rings. The number of carbonyl (C=O) groups excluding carboxylic acids is 1. The maximum atomic E-state index is 13.5. The van der Waals surface area contributed by atoms with Gasteiger partial charge in [-0.25, -0.2) is 8.42 Å². The van der Waals surface area contributed by atoms with Crippen LogP contribution in [0.2, 0.25) is 5.02 Å². The normalized spacial score (nSPS) is 25.1. The Kier molecular flexibility index (Phi) is 6.88. The molecule has 3 aromatic rings. The van der Waals surface area contributed by atoms with Crippen LogP contribution in [-0.4, -0.2) is 50.2 Å². The fourth-order valence-corrected chi connectivity index (χ4v) is 7.80. The minimum atomic E-state index is -4.20. The van der Waals surface area contributed by atoms with Crippen LogP contribution in [0.3, 0.4) is 0 Å². The van der Waals surface area contributed by atoms with Gasteiger partial charge in [0, 0.05) is 28.5 Å². The Balaban J connectivity index is 1.44. The molecule has 1 aliphatic carbocycles. The number of nitrogens with one attached hydrogen (secondary N) is 2. The number of sulfonamides is 1. The first-order chi connectivity index (χ1) is 17.7. The maximum Gasteiger partial charge on any atom is 0.325 e. The third kappa shape index (κ3) is 4.80. The molecule has 37 heavy (non-hydrogen) atoms. The summed E-state index contributed by atoms with van der Waals surface area (Å²) in [5.41, 5.74) is -1.58. The molecule has 2 heterocycles. The lowest BCUT2D eigenvalue weighted by Gasteiger charge is -2.25. The molecule has 1 amide bonds. The third-order valence-electron chi connectivity index (χ3n) is 7.02. The first-order valence-corrected chi connectivity index (χ1v) is 14.4. The van der Waals surface area contributed by atoms with Crippen LogP contribution < -0.4 is 10.0 Å². The van der Waals surface area contributed by atoms with Gasteiger partial charge in [-0.3, -0.25) is 9.59 Å². The number of ether oxygens (including phenoxy) is 1. The van der Waals surface area contributed by atoms with Crippen LogP contribution >= 0.6 is 22.9 Å². The van der Waals surface area contributed by atoms with Gasteiger partial charge >= 0.3 is 5.97 Å². The van der Waals surface area contributed by atoms with Crippen LogP contribution in [0.5, 0.6) is 0 Å². The van der Waals surface area contributed by atoms with Crippen LogP contribution in [0, 0.1) is 0 Å². The van der Waals surface area contributed by atoms with E-state index >= 15 is 0 Å². The van der Waals surface area contributed by atoms with E-state index in [1.807, 2.05) is 0 Å². The maximum absolute atomic E-state index is 13.5. The summed E-state index contributed by atoms with van der Waals surface area (Å²) in [6, 6.07) is 18.9. The van der Waals surface area contributed by atoms with Crippen molar-refractivity contribution in [2.24, 2.45) is 0 Å². The van der Waals surface area contributed by atoms with E-state index in [-0.39, 0.29) is 23.1 Å². The topological polar surface area (TPSA) is 122 Å². The lowest BCUT2D eigenvalue weighted by Crippen LogP contribution is -2.52. The third-order valence-corrected chi connectivity index (χ3v) is 10.4. The number of amides is 1. The summed E-state index contributed by atoms with van der Waals surface area (Å²) in [7, 11) is -4.20. The first-order valence-electron chi connectivity index (χ1n) is 11.7. The molecule has 2 unspecified atom stereocenters. The number of hydrogen-bond donors (Lipinski definition) is 3. The SMILES string of the molecule is O=C(NC[C@@]1(c2ccccc2)CC1(NS(=O)(=O)c1ccc(-c2ccc(Cl)cc2)s1)C(=O)O)C1CCCO1. The van der Waals surface area contributed by atoms with Gasteiger partial charge in [0.2, 0.25) is 5.91 Å². The predicted octanol–water partition coefficient (Wildman–Crippen LogP) is 3.81. The van der Waals surface area contributed by atoms with Crippen LogP contribution in [0.4, 0.5) is 0 Å². The smallest absolute Gasteiger partial charge is 0.325 e. The minimum absolute atomic E-state index is 0.00433. The number of benzene rings is 2. The summed E-state index contributed by atoms with van der Waals surface area (Å²) >= 11 is 6.99. The molecule has 3 atom stereocenters. The van der Waals surface area contributed by atoms with E-state index in [4.69, 9.17) is 16.3 Å². The average molecular weight is 561 g/mol. The van der Waals surface area contributed by atoms with Crippen LogP contribution in [0.1, 0.15) is 24.8 Å². The van der Waals surface area contributed by atoms with E-state index in [1.54, 1.807) is 60.7 Å². The van der Waals surface area contributed by atoms with Crippen molar-refractivity contribution in [2.75, 3.05) is 13.2 Å².